The van der Waals surface area contributed by atoms with Crippen LogP contribution in [0.4, 0.5) is 0 Å². The van der Waals surface area contributed by atoms with Crippen molar-refractivity contribution in [2.75, 3.05) is 33.2 Å². The molecule has 2 rings (SSSR count). The molecular formula is C12H19ClN4O. The number of likely N-dealkylation sites (N-methyl/N-ethyl adjacent to an activating group) is 1. The second-order valence-corrected chi connectivity index (χ2v) is 5.04. The summed E-state index contributed by atoms with van der Waals surface area (Å²) in [6.45, 7) is 7.76. The molecule has 0 spiro atoms. The molecule has 1 saturated heterocycles. The SMILES string of the molecule is CCn1nc(C)c(Cl)c1C(=O)N1CCN(C)CC1. The highest BCUT2D eigenvalue weighted by Crippen LogP contribution is 2.22. The first kappa shape index (κ1) is 13.4. The molecule has 5 nitrogen and oxygen atoms in total. The van der Waals surface area contributed by atoms with E-state index in [9.17, 15) is 4.79 Å². The maximum atomic E-state index is 12.5. The number of aryl methyl sites for hydroxylation is 2. The molecule has 0 bridgehead atoms. The largest absolute Gasteiger partial charge is 0.335 e. The summed E-state index contributed by atoms with van der Waals surface area (Å²) in [7, 11) is 2.06. The summed E-state index contributed by atoms with van der Waals surface area (Å²) in [5, 5.41) is 4.77. The first-order chi connectivity index (χ1) is 8.54. The molecule has 18 heavy (non-hydrogen) atoms. The molecule has 1 aliphatic heterocycles. The Morgan fingerprint density at radius 3 is 2.50 bits per heavy atom. The van der Waals surface area contributed by atoms with E-state index in [2.05, 4.69) is 17.0 Å². The van der Waals surface area contributed by atoms with Gasteiger partial charge in [0.25, 0.3) is 5.91 Å². The molecule has 2 heterocycles. The van der Waals surface area contributed by atoms with Gasteiger partial charge in [0.2, 0.25) is 0 Å². The third-order valence-corrected chi connectivity index (χ3v) is 3.80. The number of carbonyl (C=O) groups excluding carboxylic acids is 1. The zero-order chi connectivity index (χ0) is 13.3. The lowest BCUT2D eigenvalue weighted by Crippen LogP contribution is -2.47. The highest BCUT2D eigenvalue weighted by atomic mass is 35.5. The predicted octanol–water partition coefficient (Wildman–Crippen LogP) is 1.25. The van der Waals surface area contributed by atoms with Crippen LogP contribution in [0.25, 0.3) is 0 Å². The zero-order valence-electron chi connectivity index (χ0n) is 11.1. The van der Waals surface area contributed by atoms with Crippen LogP contribution in [0.1, 0.15) is 23.1 Å². The van der Waals surface area contributed by atoms with Crippen LogP contribution in [-0.4, -0.2) is 58.7 Å². The Morgan fingerprint density at radius 1 is 1.33 bits per heavy atom. The average Bonchev–Trinajstić information content (AvgIpc) is 2.65. The molecule has 1 aliphatic rings. The van der Waals surface area contributed by atoms with E-state index in [1.165, 1.54) is 0 Å². The van der Waals surface area contributed by atoms with Crippen LogP contribution in [0.3, 0.4) is 0 Å². The molecule has 1 fully saturated rings. The van der Waals surface area contributed by atoms with E-state index >= 15 is 0 Å². The third kappa shape index (κ3) is 2.37. The van der Waals surface area contributed by atoms with Gasteiger partial charge in [-0.15, -0.1) is 0 Å². The number of halogens is 1. The van der Waals surface area contributed by atoms with Crippen LogP contribution in [0.5, 0.6) is 0 Å². The topological polar surface area (TPSA) is 41.4 Å². The Labute approximate surface area is 112 Å². The summed E-state index contributed by atoms with van der Waals surface area (Å²) in [6, 6.07) is 0. The van der Waals surface area contributed by atoms with Crippen molar-refractivity contribution in [2.45, 2.75) is 20.4 Å². The number of nitrogens with zero attached hydrogens (tertiary/aromatic N) is 4. The minimum atomic E-state index is -0.00412. The molecule has 1 aromatic rings. The number of aromatic nitrogens is 2. The Balaban J connectivity index is 2.23. The first-order valence-corrected chi connectivity index (χ1v) is 6.63. The number of rotatable bonds is 2. The van der Waals surface area contributed by atoms with E-state index in [-0.39, 0.29) is 5.91 Å². The molecule has 6 heteroatoms. The zero-order valence-corrected chi connectivity index (χ0v) is 11.9. The summed E-state index contributed by atoms with van der Waals surface area (Å²) in [6.07, 6.45) is 0. The summed E-state index contributed by atoms with van der Waals surface area (Å²) in [5.41, 5.74) is 1.25. The van der Waals surface area contributed by atoms with Crippen LogP contribution in [0, 0.1) is 6.92 Å². The summed E-state index contributed by atoms with van der Waals surface area (Å²) >= 11 is 6.19. The minimum Gasteiger partial charge on any atom is -0.335 e. The number of carbonyl (C=O) groups is 1. The van der Waals surface area contributed by atoms with Gasteiger partial charge in [-0.25, -0.2) is 0 Å². The van der Waals surface area contributed by atoms with Crippen LogP contribution >= 0.6 is 11.6 Å². The summed E-state index contributed by atoms with van der Waals surface area (Å²) < 4.78 is 1.69. The molecule has 100 valence electrons. The Hall–Kier alpha value is -1.07. The van der Waals surface area contributed by atoms with Gasteiger partial charge in [-0.05, 0) is 20.9 Å². The fraction of sp³-hybridized carbons (Fsp3) is 0.667. The lowest BCUT2D eigenvalue weighted by Gasteiger charge is -2.32. The number of hydrogen-bond acceptors (Lipinski definition) is 3. The molecule has 0 atom stereocenters. The molecule has 0 N–H and O–H groups in total. The standard InChI is InChI=1S/C12H19ClN4O/c1-4-17-11(10(13)9(2)14-17)12(18)16-7-5-15(3)6-8-16/h4-8H2,1-3H3. The molecule has 0 unspecified atom stereocenters. The molecule has 1 amide bonds. The van der Waals surface area contributed by atoms with Gasteiger partial charge in [-0.3, -0.25) is 9.48 Å². The van der Waals surface area contributed by atoms with Gasteiger partial charge in [0.05, 0.1) is 10.7 Å². The predicted molar refractivity (Wildman–Crippen MR) is 71.0 cm³/mol. The first-order valence-electron chi connectivity index (χ1n) is 6.25. The highest BCUT2D eigenvalue weighted by Gasteiger charge is 2.26. The van der Waals surface area contributed by atoms with Crippen LogP contribution in [0.15, 0.2) is 0 Å². The van der Waals surface area contributed by atoms with E-state index < -0.39 is 0 Å². The molecule has 0 radical (unpaired) electrons. The maximum Gasteiger partial charge on any atom is 0.273 e. The van der Waals surface area contributed by atoms with Gasteiger partial charge in [-0.2, -0.15) is 5.10 Å². The molecule has 0 saturated carbocycles. The van der Waals surface area contributed by atoms with Crippen molar-refractivity contribution in [3.63, 3.8) is 0 Å². The number of amides is 1. The van der Waals surface area contributed by atoms with Gasteiger partial charge in [0.1, 0.15) is 5.69 Å². The van der Waals surface area contributed by atoms with E-state index in [4.69, 9.17) is 11.6 Å². The van der Waals surface area contributed by atoms with E-state index in [1.54, 1.807) is 4.68 Å². The van der Waals surface area contributed by atoms with Crippen molar-refractivity contribution >= 4 is 17.5 Å². The number of piperazine rings is 1. The van der Waals surface area contributed by atoms with Gasteiger partial charge < -0.3 is 9.80 Å². The monoisotopic (exact) mass is 270 g/mol. The van der Waals surface area contributed by atoms with Crippen molar-refractivity contribution in [1.82, 2.24) is 19.6 Å². The molecule has 0 aromatic carbocycles. The third-order valence-electron chi connectivity index (χ3n) is 3.35. The van der Waals surface area contributed by atoms with Gasteiger partial charge >= 0.3 is 0 Å². The summed E-state index contributed by atoms with van der Waals surface area (Å²) in [4.78, 5) is 16.6. The quantitative estimate of drug-likeness (QED) is 0.812. The average molecular weight is 271 g/mol. The van der Waals surface area contributed by atoms with E-state index in [1.807, 2.05) is 18.7 Å². The molecule has 0 aliphatic carbocycles. The van der Waals surface area contributed by atoms with Crippen molar-refractivity contribution in [3.8, 4) is 0 Å². The van der Waals surface area contributed by atoms with Gasteiger partial charge in [0, 0.05) is 32.7 Å². The van der Waals surface area contributed by atoms with E-state index in [0.717, 1.165) is 31.9 Å². The second kappa shape index (κ2) is 5.28. The van der Waals surface area contributed by atoms with Crippen LogP contribution in [0.2, 0.25) is 5.02 Å². The Bertz CT molecular complexity index is 449. The fourth-order valence-corrected chi connectivity index (χ4v) is 2.37. The minimum absolute atomic E-state index is 0.00412. The van der Waals surface area contributed by atoms with Crippen LogP contribution in [-0.2, 0) is 6.54 Å². The van der Waals surface area contributed by atoms with Crippen molar-refractivity contribution < 1.29 is 4.79 Å². The fourth-order valence-electron chi connectivity index (χ4n) is 2.15. The lowest BCUT2D eigenvalue weighted by atomic mass is 10.2. The smallest absolute Gasteiger partial charge is 0.273 e. The van der Waals surface area contributed by atoms with Crippen LogP contribution < -0.4 is 0 Å². The second-order valence-electron chi connectivity index (χ2n) is 4.66. The van der Waals surface area contributed by atoms with Crippen molar-refractivity contribution in [2.24, 2.45) is 0 Å². The normalized spacial score (nSPS) is 17.2. The summed E-state index contributed by atoms with van der Waals surface area (Å²) in [5.74, 6) is -0.00412. The maximum absolute atomic E-state index is 12.5. The Morgan fingerprint density at radius 2 is 1.94 bits per heavy atom. The van der Waals surface area contributed by atoms with Crippen molar-refractivity contribution in [1.29, 1.82) is 0 Å². The number of hydrogen-bond donors (Lipinski definition) is 0. The van der Waals surface area contributed by atoms with Gasteiger partial charge in [-0.1, -0.05) is 11.6 Å². The van der Waals surface area contributed by atoms with Gasteiger partial charge in [0.15, 0.2) is 0 Å². The van der Waals surface area contributed by atoms with Crippen molar-refractivity contribution in [3.05, 3.63) is 16.4 Å². The van der Waals surface area contributed by atoms with E-state index in [0.29, 0.717) is 17.3 Å². The molecular weight excluding hydrogens is 252 g/mol. The lowest BCUT2D eigenvalue weighted by molar-refractivity contribution is 0.0652. The Kier molecular flexibility index (Phi) is 3.92. The molecule has 1 aromatic heterocycles. The highest BCUT2D eigenvalue weighted by molar-refractivity contribution is 6.34.